The summed E-state index contributed by atoms with van der Waals surface area (Å²) in [4.78, 5) is 23.8. The first-order valence-electron chi connectivity index (χ1n) is 19.7. The maximum Gasteiger partial charge on any atom is 0.306 e. The minimum atomic E-state index is -0.275. The highest BCUT2D eigenvalue weighted by molar-refractivity contribution is 5.77. The predicted molar refractivity (Wildman–Crippen MR) is 190 cm³/mol. The largest absolute Gasteiger partial charge is 0.466 e. The summed E-state index contributed by atoms with van der Waals surface area (Å²) in [7, 11) is 0. The lowest BCUT2D eigenvalue weighted by molar-refractivity contribution is -0.150. The van der Waals surface area contributed by atoms with Gasteiger partial charge in [0.2, 0.25) is 0 Å². The van der Waals surface area contributed by atoms with Gasteiger partial charge in [-0.3, -0.25) is 9.59 Å². The number of carbonyl (C=O) groups is 2. The normalized spacial score (nSPS) is 11.5. The second-order valence-corrected chi connectivity index (χ2v) is 14.5. The Hall–Kier alpha value is -1.06. The number of carbonyl (C=O) groups excluding carboxylic acids is 2. The van der Waals surface area contributed by atoms with E-state index in [2.05, 4.69) is 27.7 Å². The summed E-state index contributed by atoms with van der Waals surface area (Å²) in [6, 6.07) is 0. The Morgan fingerprint density at radius 1 is 0.341 bits per heavy atom. The third-order valence-electron chi connectivity index (χ3n) is 8.91. The molecule has 0 heterocycles. The SMILES string of the molecule is CC(C)CCCCCCCCCCCCCCCOC(=O)CCC(=O)OCCCCCCCCCCCCCCCC(C)C. The fraction of sp³-hybridized carbons (Fsp3) is 0.950. The second kappa shape index (κ2) is 34.8. The molecule has 0 rings (SSSR count). The van der Waals surface area contributed by atoms with Gasteiger partial charge in [0.05, 0.1) is 26.1 Å². The fourth-order valence-corrected chi connectivity index (χ4v) is 5.92. The van der Waals surface area contributed by atoms with E-state index in [0.717, 1.165) is 37.5 Å². The zero-order valence-corrected chi connectivity index (χ0v) is 30.4. The molecular formula is C40H78O4. The maximum atomic E-state index is 11.9. The molecule has 0 aromatic carbocycles. The highest BCUT2D eigenvalue weighted by Crippen LogP contribution is 2.16. The predicted octanol–water partition coefficient (Wildman–Crippen LogP) is 13.1. The second-order valence-electron chi connectivity index (χ2n) is 14.5. The van der Waals surface area contributed by atoms with Gasteiger partial charge >= 0.3 is 11.9 Å². The van der Waals surface area contributed by atoms with E-state index in [1.807, 2.05) is 0 Å². The van der Waals surface area contributed by atoms with Crippen LogP contribution in [-0.4, -0.2) is 25.2 Å². The number of unbranched alkanes of at least 4 members (excludes halogenated alkanes) is 24. The highest BCUT2D eigenvalue weighted by atomic mass is 16.5. The van der Waals surface area contributed by atoms with Crippen molar-refractivity contribution in [1.29, 1.82) is 0 Å². The topological polar surface area (TPSA) is 52.6 Å². The summed E-state index contributed by atoms with van der Waals surface area (Å²) in [5.41, 5.74) is 0. The highest BCUT2D eigenvalue weighted by Gasteiger charge is 2.09. The lowest BCUT2D eigenvalue weighted by Crippen LogP contribution is -2.11. The van der Waals surface area contributed by atoms with Crippen molar-refractivity contribution in [2.24, 2.45) is 11.8 Å². The molecule has 0 atom stereocenters. The summed E-state index contributed by atoms with van der Waals surface area (Å²) >= 11 is 0. The molecule has 4 heteroatoms. The molecule has 0 N–H and O–H groups in total. The summed E-state index contributed by atoms with van der Waals surface area (Å²) < 4.78 is 10.6. The molecule has 0 spiro atoms. The van der Waals surface area contributed by atoms with Crippen LogP contribution in [0.3, 0.4) is 0 Å². The first kappa shape index (κ1) is 42.9. The summed E-state index contributed by atoms with van der Waals surface area (Å²) in [6.45, 7) is 10.2. The monoisotopic (exact) mass is 623 g/mol. The lowest BCUT2D eigenvalue weighted by Gasteiger charge is -2.07. The van der Waals surface area contributed by atoms with E-state index in [1.165, 1.54) is 154 Å². The molecule has 0 fully saturated rings. The van der Waals surface area contributed by atoms with Gasteiger partial charge in [0.25, 0.3) is 0 Å². The molecule has 0 aliphatic carbocycles. The summed E-state index contributed by atoms with van der Waals surface area (Å²) in [5, 5.41) is 0. The van der Waals surface area contributed by atoms with E-state index in [-0.39, 0.29) is 24.8 Å². The number of ether oxygens (including phenoxy) is 2. The Bertz CT molecular complexity index is 548. The van der Waals surface area contributed by atoms with E-state index < -0.39 is 0 Å². The van der Waals surface area contributed by atoms with Crippen LogP contribution in [0.2, 0.25) is 0 Å². The molecule has 0 bridgehead atoms. The summed E-state index contributed by atoms with van der Waals surface area (Å²) in [6.07, 6.45) is 37.2. The molecule has 0 saturated heterocycles. The maximum absolute atomic E-state index is 11.9. The zero-order chi connectivity index (χ0) is 32.4. The smallest absolute Gasteiger partial charge is 0.306 e. The minimum absolute atomic E-state index is 0.134. The van der Waals surface area contributed by atoms with Crippen molar-refractivity contribution < 1.29 is 19.1 Å². The van der Waals surface area contributed by atoms with E-state index in [9.17, 15) is 9.59 Å². The van der Waals surface area contributed by atoms with Crippen LogP contribution in [0.1, 0.15) is 220 Å². The van der Waals surface area contributed by atoms with Gasteiger partial charge in [-0.05, 0) is 24.7 Å². The van der Waals surface area contributed by atoms with Gasteiger partial charge in [-0.2, -0.15) is 0 Å². The van der Waals surface area contributed by atoms with Crippen LogP contribution in [0.4, 0.5) is 0 Å². The van der Waals surface area contributed by atoms with E-state index in [0.29, 0.717) is 13.2 Å². The van der Waals surface area contributed by atoms with E-state index in [1.54, 1.807) is 0 Å². The van der Waals surface area contributed by atoms with E-state index >= 15 is 0 Å². The van der Waals surface area contributed by atoms with Gasteiger partial charge in [-0.15, -0.1) is 0 Å². The molecule has 0 aliphatic heterocycles. The molecular weight excluding hydrogens is 544 g/mol. The van der Waals surface area contributed by atoms with Crippen LogP contribution in [0.5, 0.6) is 0 Å². The van der Waals surface area contributed by atoms with E-state index in [4.69, 9.17) is 9.47 Å². The van der Waals surface area contributed by atoms with Crippen molar-refractivity contribution in [3.05, 3.63) is 0 Å². The molecule has 0 aromatic rings. The van der Waals surface area contributed by atoms with Gasteiger partial charge < -0.3 is 9.47 Å². The number of hydrogen-bond donors (Lipinski definition) is 0. The zero-order valence-electron chi connectivity index (χ0n) is 30.4. The van der Waals surface area contributed by atoms with Gasteiger partial charge in [0.15, 0.2) is 0 Å². The van der Waals surface area contributed by atoms with Crippen molar-refractivity contribution in [3.8, 4) is 0 Å². The van der Waals surface area contributed by atoms with Crippen molar-refractivity contribution in [2.45, 2.75) is 220 Å². The van der Waals surface area contributed by atoms with Crippen LogP contribution in [0.15, 0.2) is 0 Å². The van der Waals surface area contributed by atoms with Crippen LogP contribution < -0.4 is 0 Å². The van der Waals surface area contributed by atoms with Gasteiger partial charge in [-0.1, -0.05) is 195 Å². The van der Waals surface area contributed by atoms with Crippen LogP contribution in [0.25, 0.3) is 0 Å². The molecule has 0 aromatic heterocycles. The first-order valence-corrected chi connectivity index (χ1v) is 19.7. The summed E-state index contributed by atoms with van der Waals surface area (Å²) in [5.74, 6) is 1.16. The van der Waals surface area contributed by atoms with Crippen molar-refractivity contribution >= 4 is 11.9 Å². The van der Waals surface area contributed by atoms with Crippen molar-refractivity contribution in [2.75, 3.05) is 13.2 Å². The van der Waals surface area contributed by atoms with Gasteiger partial charge in [0.1, 0.15) is 0 Å². The number of rotatable bonds is 35. The van der Waals surface area contributed by atoms with Gasteiger partial charge in [-0.25, -0.2) is 0 Å². The van der Waals surface area contributed by atoms with Crippen LogP contribution in [0, 0.1) is 11.8 Å². The van der Waals surface area contributed by atoms with Crippen molar-refractivity contribution in [1.82, 2.24) is 0 Å². The average molecular weight is 623 g/mol. The standard InChI is InChI=1S/C40H78O4/c1-37(2)31-27-23-19-15-11-7-5-9-13-17-21-25-29-35-43-39(41)33-34-40(42)44-36-30-26-22-18-14-10-6-8-12-16-20-24-28-32-38(3)4/h37-38H,5-36H2,1-4H3. The Labute approximate surface area is 276 Å². The molecule has 44 heavy (non-hydrogen) atoms. The molecule has 0 unspecified atom stereocenters. The van der Waals surface area contributed by atoms with Crippen LogP contribution in [-0.2, 0) is 19.1 Å². The quantitative estimate of drug-likeness (QED) is 0.0521. The third-order valence-corrected chi connectivity index (χ3v) is 8.91. The van der Waals surface area contributed by atoms with Gasteiger partial charge in [0, 0.05) is 0 Å². The van der Waals surface area contributed by atoms with Crippen LogP contribution >= 0.6 is 0 Å². The average Bonchev–Trinajstić information content (AvgIpc) is 2.99. The first-order chi connectivity index (χ1) is 21.4. The Kier molecular flexibility index (Phi) is 34.0. The lowest BCUT2D eigenvalue weighted by atomic mass is 10.0. The molecule has 262 valence electrons. The number of esters is 2. The Morgan fingerprint density at radius 2 is 0.545 bits per heavy atom. The Morgan fingerprint density at radius 3 is 0.773 bits per heavy atom. The molecule has 0 amide bonds. The number of hydrogen-bond acceptors (Lipinski definition) is 4. The third kappa shape index (κ3) is 37.1. The Balaban J connectivity index is 3.27. The minimum Gasteiger partial charge on any atom is -0.466 e. The molecule has 0 radical (unpaired) electrons. The fourth-order valence-electron chi connectivity index (χ4n) is 5.92. The molecule has 4 nitrogen and oxygen atoms in total. The van der Waals surface area contributed by atoms with Crippen molar-refractivity contribution in [3.63, 3.8) is 0 Å². The molecule has 0 aliphatic rings. The molecule has 0 saturated carbocycles.